The lowest BCUT2D eigenvalue weighted by molar-refractivity contribution is -0.139. The predicted octanol–water partition coefficient (Wildman–Crippen LogP) is -1.28. The molecule has 1 aliphatic heterocycles. The van der Waals surface area contributed by atoms with Crippen LogP contribution in [0.1, 0.15) is 12.6 Å². The number of aromatic amines is 1. The number of carbonyl (C=O) groups is 1. The molecule has 0 aliphatic carbocycles. The summed E-state index contributed by atoms with van der Waals surface area (Å²) in [4.78, 5) is 36.3. The van der Waals surface area contributed by atoms with Gasteiger partial charge in [-0.3, -0.25) is 14.3 Å². The summed E-state index contributed by atoms with van der Waals surface area (Å²) >= 11 is 0. The second-order valence-electron chi connectivity index (χ2n) is 6.84. The van der Waals surface area contributed by atoms with Gasteiger partial charge in [0.2, 0.25) is 5.75 Å². The van der Waals surface area contributed by atoms with Crippen molar-refractivity contribution in [3.63, 3.8) is 0 Å². The van der Waals surface area contributed by atoms with Gasteiger partial charge in [-0.05, 0) is 25.9 Å². The molecule has 1 aliphatic rings. The van der Waals surface area contributed by atoms with Crippen LogP contribution in [-0.2, 0) is 9.53 Å². The second kappa shape index (κ2) is 7.79. The zero-order valence-corrected chi connectivity index (χ0v) is 15.4. The summed E-state index contributed by atoms with van der Waals surface area (Å²) in [6.45, 7) is 1.92. The third-order valence-electron chi connectivity index (χ3n) is 3.92. The van der Waals surface area contributed by atoms with Gasteiger partial charge in [0.25, 0.3) is 5.56 Å². The number of H-pyrrole nitrogens is 1. The van der Waals surface area contributed by atoms with Crippen molar-refractivity contribution in [1.29, 1.82) is 0 Å². The number of hydrogen-bond donors (Lipinski definition) is 4. The largest absolute Gasteiger partial charge is 0.479 e. The maximum Gasteiger partial charge on any atom is 0.341 e. The Balaban J connectivity index is 2.25. The van der Waals surface area contributed by atoms with Crippen LogP contribution in [0.5, 0.6) is 5.75 Å². The molecule has 2 rings (SSSR count). The standard InChI is InChI=1S/C15H23N2O8P/c1-26(2,3)5-4-8-11(20)12(21)14(25-8)17-6-9(24-7-10(18)19)13(22)16-15(17)23/h6,8,11-12,14,20-21H,1,4-5,7H2,2-3H3,(H,18,19)(H,16,22,23)/t8-,11-,12-,14-/m1/s1. The Morgan fingerprint density at radius 2 is 2.04 bits per heavy atom. The first-order valence-corrected chi connectivity index (χ1v) is 10.9. The summed E-state index contributed by atoms with van der Waals surface area (Å²) in [5, 5.41) is 29.1. The number of aliphatic hydroxyl groups is 2. The lowest BCUT2D eigenvalue weighted by Crippen LogP contribution is -2.38. The minimum atomic E-state index is -1.40. The SMILES string of the molecule is C=P(C)(C)CC[C@H]1O[C@@H](n2cc(OCC(=O)O)c(=O)[nH]c2=O)[C@H](O)[C@@H]1O. The number of aliphatic hydroxyl groups excluding tert-OH is 2. The van der Waals surface area contributed by atoms with Crippen LogP contribution in [0, 0.1) is 0 Å². The van der Waals surface area contributed by atoms with E-state index >= 15 is 0 Å². The van der Waals surface area contributed by atoms with Crippen LogP contribution >= 0.6 is 6.89 Å². The summed E-state index contributed by atoms with van der Waals surface area (Å²) < 4.78 is 11.3. The van der Waals surface area contributed by atoms with Crippen LogP contribution in [0.4, 0.5) is 0 Å². The number of carboxylic acids is 1. The van der Waals surface area contributed by atoms with Gasteiger partial charge in [-0.15, -0.1) is 13.2 Å². The highest BCUT2D eigenvalue weighted by atomic mass is 31.2. The molecule has 2 heterocycles. The van der Waals surface area contributed by atoms with Gasteiger partial charge in [-0.1, -0.05) is 0 Å². The van der Waals surface area contributed by atoms with E-state index in [4.69, 9.17) is 14.6 Å². The normalized spacial score (nSPS) is 26.0. The second-order valence-corrected chi connectivity index (χ2v) is 11.2. The molecule has 0 spiro atoms. The van der Waals surface area contributed by atoms with Crippen LogP contribution in [0.15, 0.2) is 15.8 Å². The smallest absolute Gasteiger partial charge is 0.341 e. The van der Waals surface area contributed by atoms with Gasteiger partial charge >= 0.3 is 11.7 Å². The van der Waals surface area contributed by atoms with E-state index in [1.165, 1.54) is 0 Å². The van der Waals surface area contributed by atoms with Crippen LogP contribution in [0.25, 0.3) is 0 Å². The summed E-state index contributed by atoms with van der Waals surface area (Å²) in [5.41, 5.74) is -1.78. The quantitative estimate of drug-likeness (QED) is 0.420. The number of hydrogen-bond acceptors (Lipinski definition) is 7. The lowest BCUT2D eigenvalue weighted by atomic mass is 10.1. The average Bonchev–Trinajstić information content (AvgIpc) is 2.79. The molecular weight excluding hydrogens is 367 g/mol. The van der Waals surface area contributed by atoms with Crippen molar-refractivity contribution in [3.05, 3.63) is 27.0 Å². The van der Waals surface area contributed by atoms with Gasteiger partial charge in [0.05, 0.1) is 12.3 Å². The molecule has 0 unspecified atom stereocenters. The zero-order valence-electron chi connectivity index (χ0n) is 14.5. The number of aromatic nitrogens is 2. The Hall–Kier alpha value is -1.87. The van der Waals surface area contributed by atoms with E-state index in [-0.39, 0.29) is 0 Å². The van der Waals surface area contributed by atoms with Crippen LogP contribution in [0.2, 0.25) is 0 Å². The van der Waals surface area contributed by atoms with E-state index in [2.05, 4.69) is 6.30 Å². The molecule has 26 heavy (non-hydrogen) atoms. The first-order valence-electron chi connectivity index (χ1n) is 7.88. The summed E-state index contributed by atoms with van der Waals surface area (Å²) in [6.07, 6.45) is 1.67. The van der Waals surface area contributed by atoms with E-state index in [9.17, 15) is 24.6 Å². The predicted molar refractivity (Wildman–Crippen MR) is 95.8 cm³/mol. The zero-order chi connectivity index (χ0) is 19.6. The third-order valence-corrected chi connectivity index (χ3v) is 5.39. The monoisotopic (exact) mass is 390 g/mol. The molecule has 0 bridgehead atoms. The van der Waals surface area contributed by atoms with Crippen molar-refractivity contribution in [2.45, 2.75) is 31.0 Å². The van der Waals surface area contributed by atoms with Crippen LogP contribution in [0.3, 0.4) is 0 Å². The van der Waals surface area contributed by atoms with E-state index < -0.39 is 61.0 Å². The molecule has 0 radical (unpaired) electrons. The molecule has 4 N–H and O–H groups in total. The fourth-order valence-corrected chi connectivity index (χ4v) is 3.53. The lowest BCUT2D eigenvalue weighted by Gasteiger charge is -2.19. The van der Waals surface area contributed by atoms with E-state index in [0.717, 1.165) is 16.9 Å². The van der Waals surface area contributed by atoms with Gasteiger partial charge in [0, 0.05) is 0 Å². The molecular formula is C15H23N2O8P. The van der Waals surface area contributed by atoms with Gasteiger partial charge in [-0.25, -0.2) is 9.59 Å². The molecule has 1 saturated heterocycles. The topological polar surface area (TPSA) is 151 Å². The molecule has 1 aromatic rings. The molecule has 10 nitrogen and oxygen atoms in total. The first-order chi connectivity index (χ1) is 12.0. The van der Waals surface area contributed by atoms with Crippen molar-refractivity contribution in [1.82, 2.24) is 9.55 Å². The minimum Gasteiger partial charge on any atom is -0.479 e. The average molecular weight is 390 g/mol. The maximum absolute atomic E-state index is 12.1. The molecule has 4 atom stereocenters. The Bertz CT molecular complexity index is 826. The number of nitrogens with one attached hydrogen (secondary N) is 1. The number of aliphatic carboxylic acids is 1. The molecule has 0 aromatic carbocycles. The summed E-state index contributed by atoms with van der Waals surface area (Å²) in [5.74, 6) is -1.71. The van der Waals surface area contributed by atoms with Gasteiger partial charge in [-0.2, -0.15) is 0 Å². The highest BCUT2D eigenvalue weighted by molar-refractivity contribution is 7.72. The van der Waals surface area contributed by atoms with E-state index in [0.29, 0.717) is 6.42 Å². The van der Waals surface area contributed by atoms with Crippen LogP contribution < -0.4 is 16.0 Å². The number of nitrogens with zero attached hydrogens (tertiary/aromatic N) is 1. The van der Waals surface area contributed by atoms with Gasteiger partial charge in [0.15, 0.2) is 12.8 Å². The van der Waals surface area contributed by atoms with Gasteiger partial charge < -0.3 is 24.8 Å². The van der Waals surface area contributed by atoms with Crippen molar-refractivity contribution in [3.8, 4) is 5.75 Å². The first kappa shape index (κ1) is 20.4. The summed E-state index contributed by atoms with van der Waals surface area (Å²) in [6, 6.07) is 0. The van der Waals surface area contributed by atoms with Crippen molar-refractivity contribution >= 4 is 19.2 Å². The number of carboxylic acid groups (broad SMARTS) is 1. The minimum absolute atomic E-state index is 0.412. The van der Waals surface area contributed by atoms with Crippen molar-refractivity contribution in [2.24, 2.45) is 0 Å². The Morgan fingerprint density at radius 3 is 2.62 bits per heavy atom. The Labute approximate surface area is 149 Å². The van der Waals surface area contributed by atoms with E-state index in [1.807, 2.05) is 18.3 Å². The molecule has 1 fully saturated rings. The third kappa shape index (κ3) is 4.85. The highest BCUT2D eigenvalue weighted by Gasteiger charge is 2.44. The maximum atomic E-state index is 12.1. The molecule has 0 saturated carbocycles. The summed E-state index contributed by atoms with van der Waals surface area (Å²) in [7, 11) is 0. The fraction of sp³-hybridized carbons (Fsp3) is 0.600. The number of ether oxygens (including phenoxy) is 2. The number of rotatable bonds is 7. The molecule has 146 valence electrons. The van der Waals surface area contributed by atoms with Gasteiger partial charge in [0.1, 0.15) is 12.2 Å². The van der Waals surface area contributed by atoms with Crippen molar-refractivity contribution in [2.75, 3.05) is 26.1 Å². The highest BCUT2D eigenvalue weighted by Crippen LogP contribution is 2.39. The Morgan fingerprint density at radius 1 is 1.38 bits per heavy atom. The molecule has 0 amide bonds. The van der Waals surface area contributed by atoms with Crippen LogP contribution in [-0.4, -0.2) is 81.5 Å². The van der Waals surface area contributed by atoms with Crippen molar-refractivity contribution < 1.29 is 29.6 Å². The Kier molecular flexibility index (Phi) is 6.13. The molecule has 1 aromatic heterocycles. The van der Waals surface area contributed by atoms with E-state index in [1.54, 1.807) is 0 Å². The molecule has 11 heteroatoms. The fourth-order valence-electron chi connectivity index (χ4n) is 2.57.